The van der Waals surface area contributed by atoms with Crippen LogP contribution in [0, 0.1) is 5.92 Å². The normalized spacial score (nSPS) is 19.7. The molecule has 0 heterocycles. The summed E-state index contributed by atoms with van der Waals surface area (Å²) in [6.45, 7) is 0.403. The van der Waals surface area contributed by atoms with Gasteiger partial charge < -0.3 is 10.0 Å². The highest BCUT2D eigenvalue weighted by molar-refractivity contribution is 7.84. The van der Waals surface area contributed by atoms with Gasteiger partial charge in [0.15, 0.2) is 0 Å². The lowest BCUT2D eigenvalue weighted by atomic mass is 10.2. The van der Waals surface area contributed by atoms with Gasteiger partial charge in [0.25, 0.3) is 0 Å². The molecule has 15 heavy (non-hydrogen) atoms. The molecule has 1 saturated carbocycles. The molecule has 0 aliphatic heterocycles. The maximum absolute atomic E-state index is 11.5. The van der Waals surface area contributed by atoms with E-state index in [0.717, 1.165) is 12.8 Å². The SMILES string of the molecule is CN(CC(O)C1CC1)C(=O)CCS(C)=O. The number of aliphatic hydroxyl groups excluding tert-OH is 1. The molecule has 1 fully saturated rings. The van der Waals surface area contributed by atoms with E-state index in [9.17, 15) is 14.1 Å². The van der Waals surface area contributed by atoms with Gasteiger partial charge in [0.05, 0.1) is 6.10 Å². The highest BCUT2D eigenvalue weighted by atomic mass is 32.2. The summed E-state index contributed by atoms with van der Waals surface area (Å²) in [5, 5.41) is 9.63. The van der Waals surface area contributed by atoms with Crippen molar-refractivity contribution in [1.82, 2.24) is 4.90 Å². The van der Waals surface area contributed by atoms with Gasteiger partial charge in [-0.1, -0.05) is 0 Å². The van der Waals surface area contributed by atoms with Crippen LogP contribution in [0.3, 0.4) is 0 Å². The van der Waals surface area contributed by atoms with Crippen LogP contribution in [0.4, 0.5) is 0 Å². The second kappa shape index (κ2) is 5.61. The van der Waals surface area contributed by atoms with E-state index in [-0.39, 0.29) is 12.0 Å². The fourth-order valence-corrected chi connectivity index (χ4v) is 1.90. The average Bonchev–Trinajstić information content (AvgIpc) is 2.96. The molecular formula is C10H19NO3S. The molecule has 2 atom stereocenters. The first-order chi connectivity index (χ1) is 7.00. The molecular weight excluding hydrogens is 214 g/mol. The van der Waals surface area contributed by atoms with E-state index in [2.05, 4.69) is 0 Å². The molecule has 1 N–H and O–H groups in total. The number of hydrogen-bond donors (Lipinski definition) is 1. The van der Waals surface area contributed by atoms with Crippen LogP contribution in [0.25, 0.3) is 0 Å². The summed E-state index contributed by atoms with van der Waals surface area (Å²) in [6.07, 6.45) is 3.65. The molecule has 0 spiro atoms. The van der Waals surface area contributed by atoms with Crippen LogP contribution in [-0.4, -0.2) is 51.8 Å². The third-order valence-corrected chi connectivity index (χ3v) is 3.44. The van der Waals surface area contributed by atoms with Crippen molar-refractivity contribution in [2.24, 2.45) is 5.92 Å². The molecule has 0 aromatic heterocycles. The van der Waals surface area contributed by atoms with Gasteiger partial charge in [0, 0.05) is 42.8 Å². The van der Waals surface area contributed by atoms with Crippen molar-refractivity contribution in [1.29, 1.82) is 0 Å². The smallest absolute Gasteiger partial charge is 0.223 e. The Hall–Kier alpha value is -0.420. The Morgan fingerprint density at radius 3 is 2.67 bits per heavy atom. The minimum atomic E-state index is -0.922. The number of likely N-dealkylation sites (N-methyl/N-ethyl adjacent to an activating group) is 1. The zero-order valence-electron chi connectivity index (χ0n) is 9.31. The minimum Gasteiger partial charge on any atom is -0.391 e. The van der Waals surface area contributed by atoms with Gasteiger partial charge in [-0.2, -0.15) is 0 Å². The van der Waals surface area contributed by atoms with Crippen LogP contribution >= 0.6 is 0 Å². The third kappa shape index (κ3) is 4.75. The average molecular weight is 233 g/mol. The topological polar surface area (TPSA) is 57.6 Å². The standard InChI is InChI=1S/C10H19NO3S/c1-11(7-9(12)8-3-4-8)10(13)5-6-15(2)14/h8-9,12H,3-7H2,1-2H3. The number of hydrogen-bond acceptors (Lipinski definition) is 3. The molecule has 1 amide bonds. The molecule has 0 bridgehead atoms. The highest BCUT2D eigenvalue weighted by Crippen LogP contribution is 2.32. The van der Waals surface area contributed by atoms with Crippen LogP contribution in [0.15, 0.2) is 0 Å². The van der Waals surface area contributed by atoms with Gasteiger partial charge in [0.1, 0.15) is 0 Å². The van der Waals surface area contributed by atoms with Crippen LogP contribution in [0.2, 0.25) is 0 Å². The highest BCUT2D eigenvalue weighted by Gasteiger charge is 2.30. The molecule has 1 rings (SSSR count). The Bertz CT molecular complexity index is 253. The first kappa shape index (κ1) is 12.6. The molecule has 0 aromatic carbocycles. The van der Waals surface area contributed by atoms with E-state index in [1.54, 1.807) is 13.3 Å². The second-order valence-corrected chi connectivity index (χ2v) is 5.76. The Morgan fingerprint density at radius 1 is 1.60 bits per heavy atom. The lowest BCUT2D eigenvalue weighted by Gasteiger charge is -2.20. The quantitative estimate of drug-likeness (QED) is 0.701. The Labute approximate surface area is 93.1 Å². The van der Waals surface area contributed by atoms with Crippen molar-refractivity contribution < 1.29 is 14.1 Å². The fourth-order valence-electron chi connectivity index (χ4n) is 1.43. The van der Waals surface area contributed by atoms with Gasteiger partial charge in [-0.15, -0.1) is 0 Å². The van der Waals surface area contributed by atoms with E-state index in [1.165, 1.54) is 4.90 Å². The summed E-state index contributed by atoms with van der Waals surface area (Å²) in [6, 6.07) is 0. The number of nitrogens with zero attached hydrogens (tertiary/aromatic N) is 1. The van der Waals surface area contributed by atoms with Crippen LogP contribution in [-0.2, 0) is 15.6 Å². The van der Waals surface area contributed by atoms with E-state index < -0.39 is 10.8 Å². The first-order valence-corrected chi connectivity index (χ1v) is 6.95. The number of aliphatic hydroxyl groups is 1. The van der Waals surface area contributed by atoms with Crippen LogP contribution < -0.4 is 0 Å². The first-order valence-electron chi connectivity index (χ1n) is 5.22. The Balaban J connectivity index is 2.22. The van der Waals surface area contributed by atoms with Crippen molar-refractivity contribution >= 4 is 16.7 Å². The number of rotatable bonds is 6. The maximum Gasteiger partial charge on any atom is 0.223 e. The molecule has 1 aliphatic carbocycles. The zero-order chi connectivity index (χ0) is 11.4. The number of carbonyl (C=O) groups excluding carboxylic acids is 1. The van der Waals surface area contributed by atoms with E-state index >= 15 is 0 Å². The summed E-state index contributed by atoms with van der Waals surface area (Å²) >= 11 is 0. The van der Waals surface area contributed by atoms with Crippen molar-refractivity contribution in [3.05, 3.63) is 0 Å². The minimum absolute atomic E-state index is 0.0371. The van der Waals surface area contributed by atoms with Gasteiger partial charge in [-0.05, 0) is 18.8 Å². The molecule has 1 aliphatic rings. The zero-order valence-corrected chi connectivity index (χ0v) is 10.1. The molecule has 0 radical (unpaired) electrons. The van der Waals surface area contributed by atoms with E-state index in [0.29, 0.717) is 24.6 Å². The summed E-state index contributed by atoms with van der Waals surface area (Å²) < 4.78 is 10.8. The van der Waals surface area contributed by atoms with Crippen LogP contribution in [0.5, 0.6) is 0 Å². The van der Waals surface area contributed by atoms with Crippen molar-refractivity contribution in [2.45, 2.75) is 25.4 Å². The molecule has 88 valence electrons. The summed E-state index contributed by atoms with van der Waals surface area (Å²) in [5.41, 5.74) is 0. The Morgan fingerprint density at radius 2 is 2.20 bits per heavy atom. The predicted molar refractivity (Wildman–Crippen MR) is 59.9 cm³/mol. The van der Waals surface area contributed by atoms with Gasteiger partial charge in [0.2, 0.25) is 5.91 Å². The van der Waals surface area contributed by atoms with Crippen molar-refractivity contribution in [2.75, 3.05) is 25.6 Å². The van der Waals surface area contributed by atoms with Gasteiger partial charge in [-0.3, -0.25) is 9.00 Å². The summed E-state index contributed by atoms with van der Waals surface area (Å²) in [5.74, 6) is 0.758. The lowest BCUT2D eigenvalue weighted by molar-refractivity contribution is -0.130. The van der Waals surface area contributed by atoms with Crippen molar-refractivity contribution in [3.8, 4) is 0 Å². The van der Waals surface area contributed by atoms with Crippen LogP contribution in [0.1, 0.15) is 19.3 Å². The number of amides is 1. The lowest BCUT2D eigenvalue weighted by Crippen LogP contribution is -2.35. The molecule has 0 aromatic rings. The molecule has 2 unspecified atom stereocenters. The van der Waals surface area contributed by atoms with Crippen molar-refractivity contribution in [3.63, 3.8) is 0 Å². The monoisotopic (exact) mass is 233 g/mol. The third-order valence-electron chi connectivity index (χ3n) is 2.66. The van der Waals surface area contributed by atoms with E-state index in [1.807, 2.05) is 0 Å². The van der Waals surface area contributed by atoms with Gasteiger partial charge in [-0.25, -0.2) is 0 Å². The maximum atomic E-state index is 11.5. The fraction of sp³-hybridized carbons (Fsp3) is 0.900. The molecule has 5 heteroatoms. The van der Waals surface area contributed by atoms with Gasteiger partial charge >= 0.3 is 0 Å². The molecule has 4 nitrogen and oxygen atoms in total. The number of carbonyl (C=O) groups is 1. The predicted octanol–water partition coefficient (Wildman–Crippen LogP) is -0.0157. The summed E-state index contributed by atoms with van der Waals surface area (Å²) in [4.78, 5) is 13.0. The summed E-state index contributed by atoms with van der Waals surface area (Å²) in [7, 11) is 0.765. The molecule has 0 saturated heterocycles. The Kier molecular flexibility index (Phi) is 4.73. The second-order valence-electron chi connectivity index (χ2n) is 4.21. The largest absolute Gasteiger partial charge is 0.391 e. The van der Waals surface area contributed by atoms with E-state index in [4.69, 9.17) is 0 Å².